The average molecular weight is 233 g/mol. The van der Waals surface area contributed by atoms with Gasteiger partial charge in [-0.15, -0.1) is 0 Å². The van der Waals surface area contributed by atoms with E-state index in [2.05, 4.69) is 0 Å². The number of fused-ring (bicyclic) bond motifs is 1. The number of hydrogen-bond acceptors (Lipinski definition) is 2. The number of aromatic nitrogens is 1. The van der Waals surface area contributed by atoms with Crippen molar-refractivity contribution in [2.45, 2.75) is 12.8 Å². The molecule has 0 aliphatic heterocycles. The smallest absolute Gasteiger partial charge is 0.303 e. The van der Waals surface area contributed by atoms with Crippen LogP contribution in [0.5, 0.6) is 5.75 Å². The van der Waals surface area contributed by atoms with Gasteiger partial charge >= 0.3 is 5.97 Å². The molecule has 0 unspecified atom stereocenters. The van der Waals surface area contributed by atoms with Crippen LogP contribution in [0.25, 0.3) is 10.9 Å². The van der Waals surface area contributed by atoms with Gasteiger partial charge in [0.1, 0.15) is 5.75 Å². The number of methoxy groups -OCH3 is 1. The molecule has 0 saturated carbocycles. The quantitative estimate of drug-likeness (QED) is 0.880. The molecule has 17 heavy (non-hydrogen) atoms. The predicted molar refractivity (Wildman–Crippen MR) is 65.4 cm³/mol. The van der Waals surface area contributed by atoms with Gasteiger partial charge in [-0.05, 0) is 30.2 Å². The summed E-state index contributed by atoms with van der Waals surface area (Å²) in [7, 11) is 3.57. The third kappa shape index (κ3) is 2.25. The summed E-state index contributed by atoms with van der Waals surface area (Å²) in [4.78, 5) is 10.6. The van der Waals surface area contributed by atoms with Crippen molar-refractivity contribution in [1.29, 1.82) is 0 Å². The molecule has 0 spiro atoms. The Bertz CT molecular complexity index is 557. The highest BCUT2D eigenvalue weighted by Crippen LogP contribution is 2.27. The number of hydrogen-bond donors (Lipinski definition) is 1. The van der Waals surface area contributed by atoms with Crippen molar-refractivity contribution in [2.75, 3.05) is 7.11 Å². The standard InChI is InChI=1S/C13H15NO3/c1-14-6-5-9-8-12(17-2)10(7-11(9)14)3-4-13(15)16/h5-8H,3-4H2,1-2H3,(H,15,16). The normalized spacial score (nSPS) is 10.7. The lowest BCUT2D eigenvalue weighted by Crippen LogP contribution is -2.00. The molecule has 4 nitrogen and oxygen atoms in total. The first kappa shape index (κ1) is 11.5. The van der Waals surface area contributed by atoms with Crippen molar-refractivity contribution >= 4 is 16.9 Å². The van der Waals surface area contributed by atoms with Crippen LogP contribution in [-0.2, 0) is 18.3 Å². The minimum atomic E-state index is -0.793. The van der Waals surface area contributed by atoms with Crippen LogP contribution in [0.15, 0.2) is 24.4 Å². The van der Waals surface area contributed by atoms with Gasteiger partial charge in [-0.1, -0.05) is 0 Å². The number of aliphatic carboxylic acids is 1. The van der Waals surface area contributed by atoms with E-state index in [0.717, 1.165) is 22.2 Å². The Balaban J connectivity index is 2.43. The molecule has 0 saturated heterocycles. The van der Waals surface area contributed by atoms with Crippen molar-refractivity contribution in [3.8, 4) is 5.75 Å². The first-order valence-electron chi connectivity index (χ1n) is 5.45. The second kappa shape index (κ2) is 4.49. The molecule has 0 aliphatic rings. The fourth-order valence-corrected chi connectivity index (χ4v) is 1.97. The Morgan fingerprint density at radius 2 is 2.24 bits per heavy atom. The Hall–Kier alpha value is -1.97. The van der Waals surface area contributed by atoms with Gasteiger partial charge in [0.2, 0.25) is 0 Å². The Labute approximate surface area is 99.4 Å². The molecule has 0 amide bonds. The van der Waals surface area contributed by atoms with Gasteiger partial charge in [0.15, 0.2) is 0 Å². The number of benzene rings is 1. The topological polar surface area (TPSA) is 51.5 Å². The summed E-state index contributed by atoms with van der Waals surface area (Å²) in [6, 6.07) is 5.96. The lowest BCUT2D eigenvalue weighted by molar-refractivity contribution is -0.136. The summed E-state index contributed by atoms with van der Waals surface area (Å²) in [5.41, 5.74) is 2.02. The lowest BCUT2D eigenvalue weighted by Gasteiger charge is -2.08. The number of rotatable bonds is 4. The largest absolute Gasteiger partial charge is 0.496 e. The highest BCUT2D eigenvalue weighted by Gasteiger charge is 2.09. The summed E-state index contributed by atoms with van der Waals surface area (Å²) in [5.74, 6) is -0.0380. The van der Waals surface area contributed by atoms with Crippen molar-refractivity contribution in [2.24, 2.45) is 7.05 Å². The van der Waals surface area contributed by atoms with Crippen molar-refractivity contribution in [1.82, 2.24) is 4.57 Å². The zero-order valence-corrected chi connectivity index (χ0v) is 9.93. The zero-order valence-electron chi connectivity index (χ0n) is 9.93. The first-order chi connectivity index (χ1) is 8.11. The maximum absolute atomic E-state index is 10.6. The molecule has 0 fully saturated rings. The molecule has 0 radical (unpaired) electrons. The summed E-state index contributed by atoms with van der Waals surface area (Å²) >= 11 is 0. The first-order valence-corrected chi connectivity index (χ1v) is 5.45. The Kier molecular flexibility index (Phi) is 3.04. The highest BCUT2D eigenvalue weighted by molar-refractivity contribution is 5.83. The van der Waals surface area contributed by atoms with E-state index in [1.165, 1.54) is 0 Å². The van der Waals surface area contributed by atoms with Crippen molar-refractivity contribution in [3.63, 3.8) is 0 Å². The molecular formula is C13H15NO3. The maximum Gasteiger partial charge on any atom is 0.303 e. The zero-order chi connectivity index (χ0) is 12.4. The molecule has 1 aromatic heterocycles. The van der Waals surface area contributed by atoms with Crippen LogP contribution in [0.2, 0.25) is 0 Å². The molecule has 0 aliphatic carbocycles. The second-order valence-corrected chi connectivity index (χ2v) is 4.04. The monoisotopic (exact) mass is 233 g/mol. The third-order valence-corrected chi connectivity index (χ3v) is 2.90. The summed E-state index contributed by atoms with van der Waals surface area (Å²) in [5, 5.41) is 9.82. The molecular weight excluding hydrogens is 218 g/mol. The highest BCUT2D eigenvalue weighted by atomic mass is 16.5. The van der Waals surface area contributed by atoms with Crippen LogP contribution < -0.4 is 4.74 Å². The van der Waals surface area contributed by atoms with E-state index in [1.54, 1.807) is 7.11 Å². The van der Waals surface area contributed by atoms with Crippen LogP contribution in [-0.4, -0.2) is 22.8 Å². The van der Waals surface area contributed by atoms with Gasteiger partial charge in [-0.2, -0.15) is 0 Å². The van der Waals surface area contributed by atoms with E-state index in [0.29, 0.717) is 6.42 Å². The summed E-state index contributed by atoms with van der Waals surface area (Å²) < 4.78 is 7.31. The number of nitrogens with zero attached hydrogens (tertiary/aromatic N) is 1. The number of carboxylic acid groups (broad SMARTS) is 1. The van der Waals surface area contributed by atoms with Crippen molar-refractivity contribution < 1.29 is 14.6 Å². The molecule has 0 bridgehead atoms. The van der Waals surface area contributed by atoms with E-state index < -0.39 is 5.97 Å². The van der Waals surface area contributed by atoms with Crippen LogP contribution in [0.1, 0.15) is 12.0 Å². The van der Waals surface area contributed by atoms with E-state index >= 15 is 0 Å². The van der Waals surface area contributed by atoms with Crippen molar-refractivity contribution in [3.05, 3.63) is 30.0 Å². The average Bonchev–Trinajstić information content (AvgIpc) is 2.66. The van der Waals surface area contributed by atoms with E-state index in [9.17, 15) is 4.79 Å². The minimum Gasteiger partial charge on any atom is -0.496 e. The molecule has 2 rings (SSSR count). The van der Waals surface area contributed by atoms with E-state index in [-0.39, 0.29) is 6.42 Å². The molecule has 1 aromatic carbocycles. The minimum absolute atomic E-state index is 0.117. The second-order valence-electron chi connectivity index (χ2n) is 4.04. The third-order valence-electron chi connectivity index (χ3n) is 2.90. The van der Waals surface area contributed by atoms with Crippen LogP contribution in [0, 0.1) is 0 Å². The molecule has 4 heteroatoms. The molecule has 2 aromatic rings. The molecule has 90 valence electrons. The van der Waals surface area contributed by atoms with Crippen LogP contribution >= 0.6 is 0 Å². The Morgan fingerprint density at radius 1 is 1.47 bits per heavy atom. The fourth-order valence-electron chi connectivity index (χ4n) is 1.97. The van der Waals surface area contributed by atoms with Gasteiger partial charge < -0.3 is 14.4 Å². The Morgan fingerprint density at radius 3 is 2.88 bits per heavy atom. The van der Waals surface area contributed by atoms with E-state index in [4.69, 9.17) is 9.84 Å². The van der Waals surface area contributed by atoms with Gasteiger partial charge in [0, 0.05) is 30.6 Å². The SMILES string of the molecule is COc1cc2ccn(C)c2cc1CCC(=O)O. The lowest BCUT2D eigenvalue weighted by atomic mass is 10.1. The van der Waals surface area contributed by atoms with Crippen LogP contribution in [0.4, 0.5) is 0 Å². The molecule has 1 N–H and O–H groups in total. The number of carboxylic acids is 1. The van der Waals surface area contributed by atoms with Gasteiger partial charge in [-0.25, -0.2) is 0 Å². The van der Waals surface area contributed by atoms with E-state index in [1.807, 2.05) is 36.0 Å². The summed E-state index contributed by atoms with van der Waals surface area (Å²) in [6.07, 6.45) is 2.58. The number of carbonyl (C=O) groups is 1. The maximum atomic E-state index is 10.6. The predicted octanol–water partition coefficient (Wildman–Crippen LogP) is 2.20. The van der Waals surface area contributed by atoms with Crippen LogP contribution in [0.3, 0.4) is 0 Å². The van der Waals surface area contributed by atoms with Gasteiger partial charge in [0.05, 0.1) is 7.11 Å². The van der Waals surface area contributed by atoms with Gasteiger partial charge in [0.25, 0.3) is 0 Å². The molecule has 0 atom stereocenters. The van der Waals surface area contributed by atoms with Gasteiger partial charge in [-0.3, -0.25) is 4.79 Å². The number of aryl methyl sites for hydroxylation is 2. The summed E-state index contributed by atoms with van der Waals surface area (Å²) in [6.45, 7) is 0. The fraction of sp³-hybridized carbons (Fsp3) is 0.308. The molecule has 1 heterocycles. The number of ether oxygens (including phenoxy) is 1.